The fourth-order valence-corrected chi connectivity index (χ4v) is 1.77. The van der Waals surface area contributed by atoms with Gasteiger partial charge in [0.15, 0.2) is 6.29 Å². The van der Waals surface area contributed by atoms with E-state index in [1.54, 1.807) is 39.1 Å². The Balaban J connectivity index is 2.47. The molecule has 2 rings (SSSR count). The maximum absolute atomic E-state index is 13.8. The third-order valence-electron chi connectivity index (χ3n) is 2.70. The summed E-state index contributed by atoms with van der Waals surface area (Å²) in [4.78, 5) is 31.9. The highest BCUT2D eigenvalue weighted by Crippen LogP contribution is 2.26. The lowest BCUT2D eigenvalue weighted by Crippen LogP contribution is -2.34. The maximum atomic E-state index is 13.8. The van der Waals surface area contributed by atoms with Gasteiger partial charge in [-0.15, -0.1) is 0 Å². The molecule has 0 bridgehead atoms. The number of nitrogens with zero attached hydrogens (tertiary/aromatic N) is 3. The fraction of sp³-hybridized carbons (Fsp3) is 0.250. The van der Waals surface area contributed by atoms with Crippen LogP contribution < -0.4 is 4.90 Å². The van der Waals surface area contributed by atoms with E-state index in [1.807, 2.05) is 0 Å². The van der Waals surface area contributed by atoms with E-state index in [-0.39, 0.29) is 11.4 Å². The highest BCUT2D eigenvalue weighted by Gasteiger charge is 2.26. The predicted molar refractivity (Wildman–Crippen MR) is 82.2 cm³/mol. The Morgan fingerprint density at radius 2 is 2.04 bits per heavy atom. The molecule has 1 amide bonds. The first-order chi connectivity index (χ1) is 10.8. The summed E-state index contributed by atoms with van der Waals surface area (Å²) in [5.74, 6) is -0.967. The molecular formula is C16H16FN3O3. The number of anilines is 2. The molecule has 0 atom stereocenters. The number of pyridine rings is 2. The number of hydrogen-bond donors (Lipinski definition) is 0. The van der Waals surface area contributed by atoms with Gasteiger partial charge in [-0.2, -0.15) is 4.39 Å². The lowest BCUT2D eigenvalue weighted by molar-refractivity contribution is 0.0598. The normalized spacial score (nSPS) is 11.0. The monoisotopic (exact) mass is 317 g/mol. The molecule has 0 aliphatic rings. The zero-order valence-corrected chi connectivity index (χ0v) is 13.0. The smallest absolute Gasteiger partial charge is 0.420 e. The van der Waals surface area contributed by atoms with Gasteiger partial charge in [-0.25, -0.2) is 14.7 Å². The summed E-state index contributed by atoms with van der Waals surface area (Å²) in [7, 11) is 0. The molecule has 120 valence electrons. The van der Waals surface area contributed by atoms with Crippen molar-refractivity contribution in [2.45, 2.75) is 26.4 Å². The van der Waals surface area contributed by atoms with E-state index in [1.165, 1.54) is 18.3 Å². The Labute approximate surface area is 132 Å². The Kier molecular flexibility index (Phi) is 4.68. The molecule has 0 spiro atoms. The van der Waals surface area contributed by atoms with E-state index in [4.69, 9.17) is 4.74 Å². The van der Waals surface area contributed by atoms with Crippen molar-refractivity contribution in [2.24, 2.45) is 0 Å². The van der Waals surface area contributed by atoms with Crippen LogP contribution in [0.1, 0.15) is 31.1 Å². The Morgan fingerprint density at radius 3 is 2.57 bits per heavy atom. The van der Waals surface area contributed by atoms with Crippen LogP contribution >= 0.6 is 0 Å². The second kappa shape index (κ2) is 6.51. The largest absolute Gasteiger partial charge is 0.443 e. The summed E-state index contributed by atoms with van der Waals surface area (Å²) >= 11 is 0. The fourth-order valence-electron chi connectivity index (χ4n) is 1.77. The quantitative estimate of drug-likeness (QED) is 0.640. The van der Waals surface area contributed by atoms with Crippen LogP contribution in [-0.4, -0.2) is 27.9 Å². The first-order valence-corrected chi connectivity index (χ1v) is 6.86. The Morgan fingerprint density at radius 1 is 1.30 bits per heavy atom. The molecule has 6 nitrogen and oxygen atoms in total. The van der Waals surface area contributed by atoms with Gasteiger partial charge >= 0.3 is 6.09 Å². The number of rotatable bonds is 3. The molecule has 0 radical (unpaired) electrons. The SMILES string of the molecule is CC(C)(C)OC(=O)N(c1cccnc1)c1ccc(C=O)c(F)n1. The number of halogens is 1. The van der Waals surface area contributed by atoms with Crippen molar-refractivity contribution in [3.63, 3.8) is 0 Å². The lowest BCUT2D eigenvalue weighted by atomic mass is 10.2. The van der Waals surface area contributed by atoms with Crippen molar-refractivity contribution >= 4 is 23.9 Å². The van der Waals surface area contributed by atoms with E-state index in [2.05, 4.69) is 9.97 Å². The molecule has 0 unspecified atom stereocenters. The number of carbonyl (C=O) groups is 2. The van der Waals surface area contributed by atoms with Gasteiger partial charge in [-0.1, -0.05) is 0 Å². The highest BCUT2D eigenvalue weighted by molar-refractivity contribution is 5.95. The molecular weight excluding hydrogens is 301 g/mol. The molecule has 0 aliphatic carbocycles. The van der Waals surface area contributed by atoms with Gasteiger partial charge in [-0.3, -0.25) is 9.78 Å². The van der Waals surface area contributed by atoms with Crippen molar-refractivity contribution < 1.29 is 18.7 Å². The zero-order chi connectivity index (χ0) is 17.0. The number of amides is 1. The van der Waals surface area contributed by atoms with E-state index >= 15 is 0 Å². The van der Waals surface area contributed by atoms with E-state index in [0.717, 1.165) is 4.90 Å². The van der Waals surface area contributed by atoms with Crippen molar-refractivity contribution in [2.75, 3.05) is 4.90 Å². The first kappa shape index (κ1) is 16.5. The van der Waals surface area contributed by atoms with Crippen molar-refractivity contribution in [1.29, 1.82) is 0 Å². The lowest BCUT2D eigenvalue weighted by Gasteiger charge is -2.26. The maximum Gasteiger partial charge on any atom is 0.420 e. The van der Waals surface area contributed by atoms with Crippen molar-refractivity contribution in [3.05, 3.63) is 48.2 Å². The number of ether oxygens (including phenoxy) is 1. The van der Waals surface area contributed by atoms with Crippen LogP contribution in [-0.2, 0) is 4.74 Å². The molecule has 23 heavy (non-hydrogen) atoms. The second-order valence-electron chi connectivity index (χ2n) is 5.69. The average Bonchev–Trinajstić information content (AvgIpc) is 2.47. The zero-order valence-electron chi connectivity index (χ0n) is 13.0. The van der Waals surface area contributed by atoms with Gasteiger partial charge < -0.3 is 4.74 Å². The topological polar surface area (TPSA) is 72.4 Å². The highest BCUT2D eigenvalue weighted by atomic mass is 19.1. The van der Waals surface area contributed by atoms with E-state index < -0.39 is 17.6 Å². The van der Waals surface area contributed by atoms with Crippen LogP contribution in [0.25, 0.3) is 0 Å². The summed E-state index contributed by atoms with van der Waals surface area (Å²) < 4.78 is 19.1. The van der Waals surface area contributed by atoms with E-state index in [9.17, 15) is 14.0 Å². The molecule has 2 heterocycles. The van der Waals surface area contributed by atoms with Gasteiger partial charge in [0.05, 0.1) is 17.4 Å². The minimum absolute atomic E-state index is 0.00431. The van der Waals surface area contributed by atoms with Gasteiger partial charge in [0.1, 0.15) is 11.4 Å². The molecule has 7 heteroatoms. The second-order valence-corrected chi connectivity index (χ2v) is 5.69. The Bertz CT molecular complexity index is 714. The van der Waals surface area contributed by atoms with Gasteiger partial charge in [-0.05, 0) is 45.0 Å². The van der Waals surface area contributed by atoms with Gasteiger partial charge in [0.25, 0.3) is 0 Å². The number of carbonyl (C=O) groups excluding carboxylic acids is 2. The molecule has 0 saturated heterocycles. The van der Waals surface area contributed by atoms with Crippen LogP contribution in [0.4, 0.5) is 20.7 Å². The molecule has 0 saturated carbocycles. The first-order valence-electron chi connectivity index (χ1n) is 6.86. The summed E-state index contributed by atoms with van der Waals surface area (Å²) in [5, 5.41) is 0. The number of aldehydes is 1. The van der Waals surface area contributed by atoms with Crippen LogP contribution in [0, 0.1) is 5.95 Å². The molecule has 0 N–H and O–H groups in total. The molecule has 0 fully saturated rings. The molecule has 0 aliphatic heterocycles. The van der Waals surface area contributed by atoms with Gasteiger partial charge in [0.2, 0.25) is 5.95 Å². The minimum atomic E-state index is -0.963. The summed E-state index contributed by atoms with van der Waals surface area (Å²) in [6.07, 6.45) is 2.60. The van der Waals surface area contributed by atoms with E-state index in [0.29, 0.717) is 12.0 Å². The standard InChI is InChI=1S/C16H16FN3O3/c1-16(2,3)23-15(22)20(12-5-4-8-18-9-12)13-7-6-11(10-21)14(17)19-13/h4-10H,1-3H3. The third kappa shape index (κ3) is 4.09. The van der Waals surface area contributed by atoms with Crippen molar-refractivity contribution in [1.82, 2.24) is 9.97 Å². The van der Waals surface area contributed by atoms with Crippen LogP contribution in [0.15, 0.2) is 36.7 Å². The predicted octanol–water partition coefficient (Wildman–Crippen LogP) is 3.50. The molecule has 0 aromatic carbocycles. The minimum Gasteiger partial charge on any atom is -0.443 e. The van der Waals surface area contributed by atoms with Crippen LogP contribution in [0.5, 0.6) is 0 Å². The average molecular weight is 317 g/mol. The van der Waals surface area contributed by atoms with Crippen LogP contribution in [0.3, 0.4) is 0 Å². The number of hydrogen-bond acceptors (Lipinski definition) is 5. The summed E-state index contributed by atoms with van der Waals surface area (Å²) in [5.41, 5.74) is -0.560. The van der Waals surface area contributed by atoms with Crippen molar-refractivity contribution in [3.8, 4) is 0 Å². The summed E-state index contributed by atoms with van der Waals surface area (Å²) in [6, 6.07) is 5.86. The van der Waals surface area contributed by atoms with Crippen LogP contribution in [0.2, 0.25) is 0 Å². The van der Waals surface area contributed by atoms with Gasteiger partial charge in [0, 0.05) is 6.20 Å². The number of aromatic nitrogens is 2. The Hall–Kier alpha value is -2.83. The molecule has 2 aromatic rings. The summed E-state index contributed by atoms with van der Waals surface area (Å²) in [6.45, 7) is 5.15. The third-order valence-corrected chi connectivity index (χ3v) is 2.70. The molecule has 2 aromatic heterocycles.